The van der Waals surface area contributed by atoms with E-state index in [2.05, 4.69) is 34.7 Å². The van der Waals surface area contributed by atoms with Crippen molar-refractivity contribution >= 4 is 17.2 Å². The Morgan fingerprint density at radius 1 is 1.15 bits per heavy atom. The Kier molecular flexibility index (Phi) is 7.72. The fraction of sp³-hybridized carbons (Fsp3) is 0.500. The van der Waals surface area contributed by atoms with Crippen LogP contribution in [0.1, 0.15) is 49.1 Å². The highest BCUT2D eigenvalue weighted by atomic mass is 32.1. The van der Waals surface area contributed by atoms with Gasteiger partial charge in [0.1, 0.15) is 5.75 Å². The summed E-state index contributed by atoms with van der Waals surface area (Å²) in [5.74, 6) is 0.677. The van der Waals surface area contributed by atoms with E-state index in [0.29, 0.717) is 6.54 Å². The van der Waals surface area contributed by atoms with Gasteiger partial charge in [0, 0.05) is 11.4 Å². The molecular weight excluding hydrogens is 356 g/mol. The summed E-state index contributed by atoms with van der Waals surface area (Å²) in [6.07, 6.45) is 6.11. The molecule has 27 heavy (non-hydrogen) atoms. The molecular formula is C22H30N2O2S. The second kappa shape index (κ2) is 10.5. The average Bonchev–Trinajstić information content (AvgIpc) is 3.10. The van der Waals surface area contributed by atoms with Crippen LogP contribution in [0.2, 0.25) is 0 Å². The maximum absolute atomic E-state index is 12.3. The molecule has 0 spiro atoms. The number of rotatable bonds is 8. The first-order valence-corrected chi connectivity index (χ1v) is 10.9. The zero-order chi connectivity index (χ0) is 18.9. The SMILES string of the molecule is CCc1ccc(OCC(=O)NCC(c2cccs2)N2CCCCCC2)cc1. The highest BCUT2D eigenvalue weighted by molar-refractivity contribution is 7.10. The monoisotopic (exact) mass is 386 g/mol. The zero-order valence-corrected chi connectivity index (χ0v) is 17.0. The van der Waals surface area contributed by atoms with Crippen LogP contribution in [-0.2, 0) is 11.2 Å². The lowest BCUT2D eigenvalue weighted by molar-refractivity contribution is -0.123. The van der Waals surface area contributed by atoms with Gasteiger partial charge in [-0.25, -0.2) is 0 Å². The highest BCUT2D eigenvalue weighted by Gasteiger charge is 2.23. The van der Waals surface area contributed by atoms with Crippen molar-refractivity contribution in [1.29, 1.82) is 0 Å². The molecule has 0 bridgehead atoms. The molecule has 1 aliphatic rings. The summed E-state index contributed by atoms with van der Waals surface area (Å²) in [7, 11) is 0. The van der Waals surface area contributed by atoms with E-state index in [1.165, 1.54) is 36.1 Å². The van der Waals surface area contributed by atoms with E-state index in [-0.39, 0.29) is 18.6 Å². The number of hydrogen-bond acceptors (Lipinski definition) is 4. The number of benzene rings is 1. The van der Waals surface area contributed by atoms with E-state index < -0.39 is 0 Å². The van der Waals surface area contributed by atoms with Crippen LogP contribution in [0, 0.1) is 0 Å². The molecule has 1 N–H and O–H groups in total. The van der Waals surface area contributed by atoms with Crippen molar-refractivity contribution in [2.75, 3.05) is 26.2 Å². The third kappa shape index (κ3) is 6.08. The van der Waals surface area contributed by atoms with Gasteiger partial charge in [-0.3, -0.25) is 9.69 Å². The normalized spacial score (nSPS) is 16.5. The Bertz CT molecular complexity index is 677. The number of nitrogens with one attached hydrogen (secondary N) is 1. The molecule has 1 aromatic heterocycles. The molecule has 1 aliphatic heterocycles. The number of thiophene rings is 1. The maximum Gasteiger partial charge on any atom is 0.258 e. The van der Waals surface area contributed by atoms with E-state index in [4.69, 9.17) is 4.74 Å². The van der Waals surface area contributed by atoms with Crippen molar-refractivity contribution in [2.24, 2.45) is 0 Å². The van der Waals surface area contributed by atoms with Gasteiger partial charge in [-0.15, -0.1) is 11.3 Å². The van der Waals surface area contributed by atoms with Crippen LogP contribution in [-0.4, -0.2) is 37.0 Å². The topological polar surface area (TPSA) is 41.6 Å². The van der Waals surface area contributed by atoms with Crippen molar-refractivity contribution in [3.05, 3.63) is 52.2 Å². The molecule has 1 saturated heterocycles. The summed E-state index contributed by atoms with van der Waals surface area (Å²) in [5, 5.41) is 5.20. The van der Waals surface area contributed by atoms with E-state index in [1.807, 2.05) is 24.3 Å². The van der Waals surface area contributed by atoms with Crippen LogP contribution in [0.4, 0.5) is 0 Å². The molecule has 1 aromatic carbocycles. The predicted octanol–water partition coefficient (Wildman–Crippen LogP) is 4.42. The van der Waals surface area contributed by atoms with E-state index in [1.54, 1.807) is 11.3 Å². The van der Waals surface area contributed by atoms with Crippen LogP contribution >= 0.6 is 11.3 Å². The molecule has 146 valence electrons. The molecule has 0 aliphatic carbocycles. The summed E-state index contributed by atoms with van der Waals surface area (Å²) in [6, 6.07) is 12.5. The lowest BCUT2D eigenvalue weighted by Gasteiger charge is -2.30. The molecule has 1 amide bonds. The van der Waals surface area contributed by atoms with Crippen molar-refractivity contribution in [3.63, 3.8) is 0 Å². The summed E-state index contributed by atoms with van der Waals surface area (Å²) >= 11 is 1.77. The number of carbonyl (C=O) groups is 1. The molecule has 0 radical (unpaired) electrons. The summed E-state index contributed by atoms with van der Waals surface area (Å²) in [6.45, 7) is 5.04. The first-order chi connectivity index (χ1) is 13.3. The zero-order valence-electron chi connectivity index (χ0n) is 16.2. The fourth-order valence-electron chi connectivity index (χ4n) is 3.53. The molecule has 0 saturated carbocycles. The molecule has 5 heteroatoms. The Morgan fingerprint density at radius 3 is 2.52 bits per heavy atom. The number of carbonyl (C=O) groups excluding carboxylic acids is 1. The summed E-state index contributed by atoms with van der Waals surface area (Å²) in [4.78, 5) is 16.2. The lowest BCUT2D eigenvalue weighted by atomic mass is 10.2. The number of ether oxygens (including phenoxy) is 1. The second-order valence-electron chi connectivity index (χ2n) is 7.07. The van der Waals surface area contributed by atoms with Gasteiger partial charge in [-0.2, -0.15) is 0 Å². The quantitative estimate of drug-likeness (QED) is 0.730. The van der Waals surface area contributed by atoms with Crippen LogP contribution < -0.4 is 10.1 Å². The average molecular weight is 387 g/mol. The third-order valence-electron chi connectivity index (χ3n) is 5.15. The first kappa shape index (κ1) is 19.9. The Morgan fingerprint density at radius 2 is 1.89 bits per heavy atom. The van der Waals surface area contributed by atoms with E-state index in [0.717, 1.165) is 25.3 Å². The number of aryl methyl sites for hydroxylation is 1. The fourth-order valence-corrected chi connectivity index (χ4v) is 4.39. The standard InChI is InChI=1S/C22H30N2O2S/c1-2-18-9-11-19(12-10-18)26-17-22(25)23-16-20(21-8-7-15-27-21)24-13-5-3-4-6-14-24/h7-12,15,20H,2-6,13-14,16-17H2,1H3,(H,23,25). The van der Waals surface area contributed by atoms with E-state index in [9.17, 15) is 4.79 Å². The number of hydrogen-bond donors (Lipinski definition) is 1. The minimum absolute atomic E-state index is 0.0582. The van der Waals surface area contributed by atoms with Crippen molar-refractivity contribution in [3.8, 4) is 5.75 Å². The minimum atomic E-state index is -0.0639. The number of amides is 1. The van der Waals surface area contributed by atoms with Crippen LogP contribution in [0.15, 0.2) is 41.8 Å². The molecule has 2 aromatic rings. The van der Waals surface area contributed by atoms with Gasteiger partial charge in [0.05, 0.1) is 6.04 Å². The predicted molar refractivity (Wildman–Crippen MR) is 111 cm³/mol. The van der Waals surface area contributed by atoms with Gasteiger partial charge < -0.3 is 10.1 Å². The molecule has 1 atom stereocenters. The molecule has 1 unspecified atom stereocenters. The maximum atomic E-state index is 12.3. The van der Waals surface area contributed by atoms with Crippen LogP contribution in [0.5, 0.6) is 5.75 Å². The Balaban J connectivity index is 1.52. The smallest absolute Gasteiger partial charge is 0.258 e. The van der Waals surface area contributed by atoms with Gasteiger partial charge in [-0.1, -0.05) is 38.0 Å². The third-order valence-corrected chi connectivity index (χ3v) is 6.12. The molecule has 4 nitrogen and oxygen atoms in total. The van der Waals surface area contributed by atoms with Gasteiger partial charge in [-0.05, 0) is 61.5 Å². The van der Waals surface area contributed by atoms with Gasteiger partial charge in [0.2, 0.25) is 0 Å². The first-order valence-electron chi connectivity index (χ1n) is 10.0. The minimum Gasteiger partial charge on any atom is -0.484 e. The van der Waals surface area contributed by atoms with Crippen molar-refractivity contribution in [1.82, 2.24) is 10.2 Å². The molecule has 2 heterocycles. The van der Waals surface area contributed by atoms with Crippen LogP contribution in [0.3, 0.4) is 0 Å². The highest BCUT2D eigenvalue weighted by Crippen LogP contribution is 2.27. The number of likely N-dealkylation sites (tertiary alicyclic amines) is 1. The molecule has 1 fully saturated rings. The largest absolute Gasteiger partial charge is 0.484 e. The van der Waals surface area contributed by atoms with E-state index >= 15 is 0 Å². The summed E-state index contributed by atoms with van der Waals surface area (Å²) in [5.41, 5.74) is 1.27. The molecule has 3 rings (SSSR count). The lowest BCUT2D eigenvalue weighted by Crippen LogP contribution is -2.39. The van der Waals surface area contributed by atoms with Gasteiger partial charge in [0.15, 0.2) is 6.61 Å². The Labute approximate surface area is 166 Å². The van der Waals surface area contributed by atoms with Crippen molar-refractivity contribution in [2.45, 2.75) is 45.1 Å². The van der Waals surface area contributed by atoms with Gasteiger partial charge in [0.25, 0.3) is 5.91 Å². The Hall–Kier alpha value is -1.85. The second-order valence-corrected chi connectivity index (χ2v) is 8.05. The van der Waals surface area contributed by atoms with Gasteiger partial charge >= 0.3 is 0 Å². The summed E-state index contributed by atoms with van der Waals surface area (Å²) < 4.78 is 5.63. The number of nitrogens with zero attached hydrogens (tertiary/aromatic N) is 1. The van der Waals surface area contributed by atoms with Crippen LogP contribution in [0.25, 0.3) is 0 Å². The van der Waals surface area contributed by atoms with Crippen molar-refractivity contribution < 1.29 is 9.53 Å².